The van der Waals surface area contributed by atoms with Gasteiger partial charge in [-0.25, -0.2) is 0 Å². The van der Waals surface area contributed by atoms with Crippen LogP contribution in [0.5, 0.6) is 0 Å². The van der Waals surface area contributed by atoms with Crippen molar-refractivity contribution in [2.75, 3.05) is 0 Å². The maximum Gasteiger partial charge on any atom is 0.194 e. The van der Waals surface area contributed by atoms with Crippen LogP contribution in [0.1, 0.15) is 0 Å². The van der Waals surface area contributed by atoms with Gasteiger partial charge in [0.2, 0.25) is 0 Å². The minimum absolute atomic E-state index is 0.0196. The molecule has 0 fully saturated rings. The summed E-state index contributed by atoms with van der Waals surface area (Å²) in [5, 5.41) is 6.18. The maximum atomic E-state index is 12.8. The molecule has 0 saturated heterocycles. The zero-order valence-electron chi connectivity index (χ0n) is 12.2. The van der Waals surface area contributed by atoms with Gasteiger partial charge >= 0.3 is 0 Å². The van der Waals surface area contributed by atoms with E-state index >= 15 is 0 Å². The van der Waals surface area contributed by atoms with Crippen molar-refractivity contribution < 1.29 is 0 Å². The van der Waals surface area contributed by atoms with Crippen molar-refractivity contribution in [1.29, 1.82) is 0 Å². The van der Waals surface area contributed by atoms with Gasteiger partial charge in [0.05, 0.1) is 0 Å². The standard InChI is InChI=1S/C20H8Br2O2/c21-9-1-3-11-13(5-9)15-7-18-16(8-17(15)19(11)23)14-6-10(22)2-4-12(14)20(18)24/h1-8H. The number of rotatable bonds is 0. The predicted octanol–water partition coefficient (Wildman–Crippen LogP) is 5.42. The molecule has 114 valence electrons. The Morgan fingerprint density at radius 3 is 1.25 bits per heavy atom. The third-order valence-corrected chi connectivity index (χ3v) is 5.67. The van der Waals surface area contributed by atoms with Gasteiger partial charge in [-0.2, -0.15) is 0 Å². The Labute approximate surface area is 152 Å². The van der Waals surface area contributed by atoms with Crippen LogP contribution in [0.15, 0.2) is 67.1 Å². The molecular weight excluding hydrogens is 432 g/mol. The van der Waals surface area contributed by atoms with Crippen LogP contribution in [0.3, 0.4) is 0 Å². The topological polar surface area (TPSA) is 34.1 Å². The molecule has 0 radical (unpaired) electrons. The van der Waals surface area contributed by atoms with Gasteiger partial charge in [0.15, 0.2) is 10.9 Å². The first-order valence-electron chi connectivity index (χ1n) is 7.42. The molecule has 0 unspecified atom stereocenters. The zero-order valence-corrected chi connectivity index (χ0v) is 15.4. The molecule has 4 heteroatoms. The van der Waals surface area contributed by atoms with Crippen molar-refractivity contribution in [3.05, 3.63) is 77.9 Å². The molecule has 24 heavy (non-hydrogen) atoms. The van der Waals surface area contributed by atoms with Crippen molar-refractivity contribution in [2.24, 2.45) is 0 Å². The van der Waals surface area contributed by atoms with E-state index < -0.39 is 0 Å². The number of hydrogen-bond donors (Lipinski definition) is 0. The van der Waals surface area contributed by atoms with Gasteiger partial charge in [0.25, 0.3) is 0 Å². The molecular formula is C20H8Br2O2. The van der Waals surface area contributed by atoms with E-state index in [1.807, 2.05) is 48.5 Å². The Morgan fingerprint density at radius 2 is 0.833 bits per heavy atom. The third kappa shape index (κ3) is 1.75. The largest absolute Gasteiger partial charge is 0.289 e. The average Bonchev–Trinajstić information content (AvgIpc) is 2.99. The summed E-state index contributed by atoms with van der Waals surface area (Å²) in [6, 6.07) is 15.0. The quantitative estimate of drug-likeness (QED) is 0.323. The summed E-state index contributed by atoms with van der Waals surface area (Å²) >= 11 is 6.92. The molecule has 0 atom stereocenters. The Kier molecular flexibility index (Phi) is 2.83. The second-order valence-corrected chi connectivity index (χ2v) is 7.81. The molecule has 0 bridgehead atoms. The fourth-order valence-corrected chi connectivity index (χ4v) is 4.31. The molecule has 0 aliphatic carbocycles. The molecule has 5 rings (SSSR count). The second kappa shape index (κ2) is 4.74. The van der Waals surface area contributed by atoms with Crippen molar-refractivity contribution >= 4 is 74.9 Å². The average molecular weight is 440 g/mol. The molecule has 0 saturated carbocycles. The number of halogens is 2. The Hall–Kier alpha value is -2.04. The lowest BCUT2D eigenvalue weighted by atomic mass is 10.1. The van der Waals surface area contributed by atoms with Crippen molar-refractivity contribution in [3.63, 3.8) is 0 Å². The van der Waals surface area contributed by atoms with Gasteiger partial charge in [-0.05, 0) is 70.1 Å². The summed E-state index contributed by atoms with van der Waals surface area (Å²) in [6.07, 6.45) is 0. The van der Waals surface area contributed by atoms with Gasteiger partial charge in [0, 0.05) is 30.5 Å². The van der Waals surface area contributed by atoms with E-state index in [0.29, 0.717) is 21.5 Å². The third-order valence-electron chi connectivity index (χ3n) is 4.68. The maximum absolute atomic E-state index is 12.8. The van der Waals surface area contributed by atoms with Crippen LogP contribution in [-0.2, 0) is 0 Å². The van der Waals surface area contributed by atoms with E-state index in [1.165, 1.54) is 0 Å². The molecule has 0 amide bonds. The lowest BCUT2D eigenvalue weighted by Gasteiger charge is -1.96. The van der Waals surface area contributed by atoms with E-state index in [1.54, 1.807) is 0 Å². The Bertz CT molecular complexity index is 1300. The number of benzene rings is 3. The fourth-order valence-electron chi connectivity index (χ4n) is 3.59. The summed E-state index contributed by atoms with van der Waals surface area (Å²) in [6.45, 7) is 0. The summed E-state index contributed by atoms with van der Waals surface area (Å²) in [5.74, 6) is 0. The van der Waals surface area contributed by atoms with Crippen LogP contribution in [0.4, 0.5) is 0 Å². The van der Waals surface area contributed by atoms with E-state index in [0.717, 1.165) is 30.5 Å². The van der Waals surface area contributed by atoms with Gasteiger partial charge in [-0.1, -0.05) is 31.9 Å². The SMILES string of the molecule is O=c1c2ccc(Br)cc2c2cc3c(=O)c4ccc(Br)cc4c3cc12. The van der Waals surface area contributed by atoms with Crippen LogP contribution in [0.2, 0.25) is 0 Å². The molecule has 0 aromatic heterocycles. The first-order valence-corrected chi connectivity index (χ1v) is 9.00. The summed E-state index contributed by atoms with van der Waals surface area (Å²) < 4.78 is 1.84. The van der Waals surface area contributed by atoms with Crippen molar-refractivity contribution in [1.82, 2.24) is 0 Å². The van der Waals surface area contributed by atoms with E-state index in [9.17, 15) is 9.59 Å². The molecule has 0 aliphatic rings. The first-order chi connectivity index (χ1) is 11.5. The van der Waals surface area contributed by atoms with Crippen LogP contribution in [0, 0.1) is 0 Å². The lowest BCUT2D eigenvalue weighted by Crippen LogP contribution is -1.95. The number of hydrogen-bond acceptors (Lipinski definition) is 2. The number of fused-ring (bicyclic) bond motifs is 6. The van der Waals surface area contributed by atoms with Gasteiger partial charge in [0.1, 0.15) is 0 Å². The molecule has 0 heterocycles. The molecule has 0 N–H and O–H groups in total. The van der Waals surface area contributed by atoms with Crippen LogP contribution >= 0.6 is 31.9 Å². The Morgan fingerprint density at radius 1 is 0.458 bits per heavy atom. The molecule has 0 spiro atoms. The summed E-state index contributed by atoms with van der Waals surface area (Å²) in [7, 11) is 0. The normalized spacial score (nSPS) is 12.1. The highest BCUT2D eigenvalue weighted by atomic mass is 79.9. The predicted molar refractivity (Wildman–Crippen MR) is 107 cm³/mol. The molecule has 0 aliphatic heterocycles. The van der Waals surface area contributed by atoms with Crippen LogP contribution in [0.25, 0.3) is 43.1 Å². The highest BCUT2D eigenvalue weighted by Gasteiger charge is 2.16. The van der Waals surface area contributed by atoms with Gasteiger partial charge in [-0.3, -0.25) is 9.59 Å². The molecule has 5 aromatic carbocycles. The van der Waals surface area contributed by atoms with Crippen molar-refractivity contribution in [2.45, 2.75) is 0 Å². The van der Waals surface area contributed by atoms with Crippen LogP contribution < -0.4 is 10.9 Å². The van der Waals surface area contributed by atoms with E-state index in [2.05, 4.69) is 31.9 Å². The van der Waals surface area contributed by atoms with E-state index in [4.69, 9.17) is 0 Å². The van der Waals surface area contributed by atoms with Gasteiger partial charge < -0.3 is 0 Å². The molecule has 5 aromatic rings. The molecule has 2 nitrogen and oxygen atoms in total. The fraction of sp³-hybridized carbons (Fsp3) is 0. The summed E-state index contributed by atoms with van der Waals surface area (Å²) in [4.78, 5) is 25.5. The van der Waals surface area contributed by atoms with Gasteiger partial charge in [-0.15, -0.1) is 0 Å². The first kappa shape index (κ1) is 14.3. The monoisotopic (exact) mass is 438 g/mol. The zero-order chi connectivity index (χ0) is 16.6. The smallest absolute Gasteiger partial charge is 0.194 e. The van der Waals surface area contributed by atoms with Crippen molar-refractivity contribution in [3.8, 4) is 0 Å². The van der Waals surface area contributed by atoms with Crippen LogP contribution in [-0.4, -0.2) is 0 Å². The Balaban J connectivity index is 2.10. The summed E-state index contributed by atoms with van der Waals surface area (Å²) in [5.41, 5.74) is 0.0393. The lowest BCUT2D eigenvalue weighted by molar-refractivity contribution is 1.74. The highest BCUT2D eigenvalue weighted by molar-refractivity contribution is 9.10. The van der Waals surface area contributed by atoms with E-state index in [-0.39, 0.29) is 10.9 Å². The minimum Gasteiger partial charge on any atom is -0.289 e. The second-order valence-electron chi connectivity index (χ2n) is 5.98. The minimum atomic E-state index is 0.0196. The highest BCUT2D eigenvalue weighted by Crippen LogP contribution is 2.33.